The summed E-state index contributed by atoms with van der Waals surface area (Å²) in [5.41, 5.74) is 7.43. The largest absolute Gasteiger partial charge is 1.00 e. The van der Waals surface area contributed by atoms with Crippen molar-refractivity contribution in [1.29, 1.82) is 0 Å². The second-order valence-electron chi connectivity index (χ2n) is 8.18. The summed E-state index contributed by atoms with van der Waals surface area (Å²) in [5.74, 6) is -0.355. The summed E-state index contributed by atoms with van der Waals surface area (Å²) in [6, 6.07) is 5.49. The van der Waals surface area contributed by atoms with Gasteiger partial charge >= 0.3 is 88.7 Å². The maximum Gasteiger partial charge on any atom is 1.00 e. The average Bonchev–Trinajstić information content (AvgIpc) is 3.30. The molecule has 42 heavy (non-hydrogen) atoms. The number of phosphoric ester groups is 1. The zero-order valence-corrected chi connectivity index (χ0v) is 30.9. The first kappa shape index (κ1) is 40.9. The quantitative estimate of drug-likeness (QED) is 0.114. The number of anilines is 1. The maximum atomic E-state index is 13.4. The van der Waals surface area contributed by atoms with Crippen LogP contribution in [0.1, 0.15) is 0 Å². The van der Waals surface area contributed by atoms with Gasteiger partial charge in [-0.1, -0.05) is 12.1 Å². The van der Waals surface area contributed by atoms with E-state index in [0.717, 1.165) is 0 Å². The van der Waals surface area contributed by atoms with Crippen LogP contribution in [0.5, 0.6) is 0 Å². The normalized spacial score (nSPS) is 24.4. The Balaban J connectivity index is 0.00000294. The van der Waals surface area contributed by atoms with Crippen LogP contribution in [0, 0.1) is 5.82 Å². The number of nitrogens with two attached hydrogens (primary N) is 1. The molecule has 17 nitrogen and oxygen atoms in total. The van der Waals surface area contributed by atoms with Crippen LogP contribution in [0.4, 0.5) is 10.2 Å². The summed E-state index contributed by atoms with van der Waals surface area (Å²) < 4.78 is 65.1. The maximum absolute atomic E-state index is 13.4. The van der Waals surface area contributed by atoms with Crippen molar-refractivity contribution in [2.75, 3.05) is 12.3 Å². The molecule has 0 bridgehead atoms. The summed E-state index contributed by atoms with van der Waals surface area (Å²) in [5, 5.41) is 21.2. The Labute approximate surface area is 303 Å². The number of hydrogen-bond acceptors (Lipinski definition) is 15. The third-order valence-corrected chi connectivity index (χ3v) is 9.17. The number of halogens is 1. The zero-order valence-electron chi connectivity index (χ0n) is 22.3. The number of aromatic nitrogens is 3. The Morgan fingerprint density at radius 3 is 2.17 bits per heavy atom. The van der Waals surface area contributed by atoms with Gasteiger partial charge in [0.1, 0.15) is 48.0 Å². The van der Waals surface area contributed by atoms with Gasteiger partial charge in [-0.2, -0.15) is 0 Å². The predicted octanol–water partition coefficient (Wildman–Crippen LogP) is -10.2. The standard InChI is InChI=1S/C18H22FN4O13P3.3Na/c19-10-3-1-9(2-4-10)11-5-23(18-14(11)17(20)21-8-22-18)6-12-15(24)16(25)13(34-12)7-33-38(29,30)36-39(31,32)35-37(26,27)28;;;/h1-5,8,12-13,15-16,24-25H,6-7H2,(H,29,30)(H,31,32)(H2,20,21,22)(H2,26,27,28);;;/q;3*+1/p-3/t12-,13+,15+,16?;;;/m0.../s1. The van der Waals surface area contributed by atoms with Gasteiger partial charge < -0.3 is 49.3 Å². The number of aliphatic hydroxyl groups excluding tert-OH is 2. The molecule has 0 saturated carbocycles. The Kier molecular flexibility index (Phi) is 15.7. The molecule has 1 saturated heterocycles. The van der Waals surface area contributed by atoms with Crippen molar-refractivity contribution in [2.45, 2.75) is 31.0 Å². The number of rotatable bonds is 10. The van der Waals surface area contributed by atoms with Crippen molar-refractivity contribution in [3.05, 3.63) is 42.6 Å². The van der Waals surface area contributed by atoms with Gasteiger partial charge in [-0.25, -0.2) is 23.0 Å². The minimum atomic E-state index is -6.11. The Morgan fingerprint density at radius 2 is 1.57 bits per heavy atom. The Morgan fingerprint density at radius 1 is 0.976 bits per heavy atom. The van der Waals surface area contributed by atoms with Crippen molar-refractivity contribution in [1.82, 2.24) is 14.5 Å². The van der Waals surface area contributed by atoms with Crippen LogP contribution in [-0.4, -0.2) is 60.7 Å². The van der Waals surface area contributed by atoms with Crippen molar-refractivity contribution < 1.29 is 154 Å². The van der Waals surface area contributed by atoms with E-state index in [1.54, 1.807) is 6.20 Å². The molecule has 3 heterocycles. The van der Waals surface area contributed by atoms with E-state index in [2.05, 4.69) is 23.1 Å². The van der Waals surface area contributed by atoms with E-state index in [9.17, 15) is 43.0 Å². The summed E-state index contributed by atoms with van der Waals surface area (Å²) in [6.45, 7) is -1.22. The zero-order chi connectivity index (χ0) is 28.8. The molecule has 0 amide bonds. The molecular weight excluding hydrogens is 661 g/mol. The molecule has 1 aromatic carbocycles. The molecule has 0 radical (unpaired) electrons. The third-order valence-electron chi connectivity index (χ3n) is 5.48. The summed E-state index contributed by atoms with van der Waals surface area (Å²) in [4.78, 5) is 50.2. The van der Waals surface area contributed by atoms with Crippen LogP contribution in [0.15, 0.2) is 36.8 Å². The molecule has 2 aromatic heterocycles. The molecular formula is C18H19FN4Na3O13P3. The van der Waals surface area contributed by atoms with Crippen molar-refractivity contribution in [3.8, 4) is 11.1 Å². The van der Waals surface area contributed by atoms with Crippen LogP contribution in [0.25, 0.3) is 22.2 Å². The minimum Gasteiger partial charge on any atom is -0.756 e. The molecule has 0 spiro atoms. The number of aliphatic hydroxyl groups is 2. The van der Waals surface area contributed by atoms with E-state index >= 15 is 0 Å². The molecule has 1 aliphatic rings. The van der Waals surface area contributed by atoms with Crippen molar-refractivity contribution in [3.63, 3.8) is 0 Å². The van der Waals surface area contributed by atoms with Gasteiger partial charge in [0.05, 0.1) is 18.5 Å². The Hall–Kier alpha value is 0.860. The first-order chi connectivity index (χ1) is 18.1. The van der Waals surface area contributed by atoms with Gasteiger partial charge in [0, 0.05) is 11.8 Å². The number of hydrogen-bond donors (Lipinski definition) is 4. The van der Waals surface area contributed by atoms with E-state index in [-0.39, 0.29) is 101 Å². The summed E-state index contributed by atoms with van der Waals surface area (Å²) in [6.07, 6.45) is -3.25. The number of nitrogen functional groups attached to an aromatic ring is 1. The summed E-state index contributed by atoms with van der Waals surface area (Å²) >= 11 is 0. The van der Waals surface area contributed by atoms with Crippen LogP contribution < -0.4 is 109 Å². The van der Waals surface area contributed by atoms with E-state index in [1.807, 2.05) is 0 Å². The monoisotopic (exact) mass is 680 g/mol. The minimum absolute atomic E-state index is 0. The molecule has 1 fully saturated rings. The first-order valence-corrected chi connectivity index (χ1v) is 15.1. The van der Waals surface area contributed by atoms with Crippen LogP contribution >= 0.6 is 23.5 Å². The van der Waals surface area contributed by atoms with Gasteiger partial charge in [0.15, 0.2) is 0 Å². The number of nitrogens with zero attached hydrogens (tertiary/aromatic N) is 3. The molecule has 0 aliphatic carbocycles. The van der Waals surface area contributed by atoms with E-state index in [1.165, 1.54) is 35.2 Å². The fourth-order valence-electron chi connectivity index (χ4n) is 3.89. The molecule has 7 atom stereocenters. The SMILES string of the molecule is Nc1ncnc2c1c(-c1ccc(F)cc1)cn2C[C@@H]1O[C@H](COP(=O)([O-])OP(=O)([O-])OP(=O)([O-])O)C(O)[C@@H]1O.[Na+].[Na+].[Na+]. The molecule has 1 aliphatic heterocycles. The van der Waals surface area contributed by atoms with Crippen molar-refractivity contribution in [2.24, 2.45) is 0 Å². The molecule has 24 heteroatoms. The van der Waals surface area contributed by atoms with Gasteiger partial charge in [0.25, 0.3) is 23.5 Å². The van der Waals surface area contributed by atoms with Crippen molar-refractivity contribution >= 4 is 40.3 Å². The van der Waals surface area contributed by atoms with Gasteiger partial charge in [-0.05, 0) is 17.7 Å². The molecule has 3 aromatic rings. The average molecular weight is 680 g/mol. The molecule has 5 N–H and O–H groups in total. The molecule has 4 unspecified atom stereocenters. The second-order valence-corrected chi connectivity index (χ2v) is 12.5. The number of benzene rings is 1. The van der Waals surface area contributed by atoms with Gasteiger partial charge in [-0.3, -0.25) is 13.7 Å². The van der Waals surface area contributed by atoms with E-state index in [4.69, 9.17) is 15.4 Å². The third kappa shape index (κ3) is 10.4. The number of phosphoric acid groups is 3. The van der Waals surface area contributed by atoms with Gasteiger partial charge in [0.2, 0.25) is 0 Å². The number of fused-ring (bicyclic) bond motifs is 1. The first-order valence-electron chi connectivity index (χ1n) is 10.7. The molecule has 4 rings (SSSR count). The van der Waals surface area contributed by atoms with E-state index < -0.39 is 60.3 Å². The second kappa shape index (κ2) is 16.1. The van der Waals surface area contributed by atoms with Crippen LogP contribution in [0.3, 0.4) is 0 Å². The van der Waals surface area contributed by atoms with Crippen LogP contribution in [0.2, 0.25) is 0 Å². The summed E-state index contributed by atoms with van der Waals surface area (Å²) in [7, 11) is -17.8. The smallest absolute Gasteiger partial charge is 0.756 e. The predicted molar refractivity (Wildman–Crippen MR) is 121 cm³/mol. The molecule has 214 valence electrons. The van der Waals surface area contributed by atoms with Crippen LogP contribution in [-0.2, 0) is 38.1 Å². The topological polar surface area (TPSA) is 275 Å². The fourth-order valence-corrected chi connectivity index (χ4v) is 6.79. The number of ether oxygens (including phenoxy) is 1. The Bertz CT molecular complexity index is 1510. The van der Waals surface area contributed by atoms with E-state index in [0.29, 0.717) is 22.2 Å². The fraction of sp³-hybridized carbons (Fsp3) is 0.333. The van der Waals surface area contributed by atoms with Gasteiger partial charge in [-0.15, -0.1) is 0 Å².